The quantitative estimate of drug-likeness (QED) is 0.640. The Bertz CT molecular complexity index is 276. The van der Waals surface area contributed by atoms with E-state index in [4.69, 9.17) is 4.42 Å². The normalized spacial score (nSPS) is 10.7. The monoisotopic (exact) mass is 167 g/mol. The van der Waals surface area contributed by atoms with E-state index in [1.54, 1.807) is 6.07 Å². The summed E-state index contributed by atoms with van der Waals surface area (Å²) in [6, 6.07) is 3.54. The van der Waals surface area contributed by atoms with Crippen molar-refractivity contribution in [2.75, 3.05) is 14.1 Å². The molecule has 0 aliphatic rings. The minimum Gasteiger partial charge on any atom is -0.457 e. The minimum atomic E-state index is -0.0278. The van der Waals surface area contributed by atoms with Gasteiger partial charge in [0.15, 0.2) is 11.5 Å². The summed E-state index contributed by atoms with van der Waals surface area (Å²) in [5.74, 6) is 1.23. The van der Waals surface area contributed by atoms with E-state index in [-0.39, 0.29) is 5.78 Å². The van der Waals surface area contributed by atoms with Crippen LogP contribution < -0.4 is 0 Å². The third-order valence-corrected chi connectivity index (χ3v) is 1.48. The molecule has 0 N–H and O–H groups in total. The number of hydrogen-bond donors (Lipinski definition) is 0. The van der Waals surface area contributed by atoms with Crippen molar-refractivity contribution in [3.63, 3.8) is 0 Å². The van der Waals surface area contributed by atoms with Crippen molar-refractivity contribution in [2.24, 2.45) is 0 Å². The minimum absolute atomic E-state index is 0.0278. The molecule has 0 fully saturated rings. The van der Waals surface area contributed by atoms with Crippen LogP contribution in [0.4, 0.5) is 0 Å². The maximum absolute atomic E-state index is 10.8. The predicted octanol–water partition coefficient (Wildman–Crippen LogP) is 1.54. The first-order valence-electron chi connectivity index (χ1n) is 3.84. The largest absolute Gasteiger partial charge is 0.457 e. The van der Waals surface area contributed by atoms with Crippen LogP contribution in [-0.4, -0.2) is 24.8 Å². The van der Waals surface area contributed by atoms with Crippen LogP contribution in [0.15, 0.2) is 16.5 Å². The Balaban J connectivity index is 2.71. The van der Waals surface area contributed by atoms with Gasteiger partial charge in [-0.2, -0.15) is 0 Å². The molecule has 0 aliphatic heterocycles. The van der Waals surface area contributed by atoms with Gasteiger partial charge < -0.3 is 9.32 Å². The molecule has 0 amide bonds. The number of furan rings is 1. The van der Waals surface area contributed by atoms with Crippen molar-refractivity contribution < 1.29 is 9.21 Å². The molecule has 1 heterocycles. The Kier molecular flexibility index (Phi) is 2.65. The van der Waals surface area contributed by atoms with Gasteiger partial charge in [0.1, 0.15) is 5.76 Å². The van der Waals surface area contributed by atoms with Gasteiger partial charge in [0.25, 0.3) is 0 Å². The second-order valence-corrected chi connectivity index (χ2v) is 3.06. The first-order valence-corrected chi connectivity index (χ1v) is 3.84. The van der Waals surface area contributed by atoms with Crippen LogP contribution in [-0.2, 0) is 6.54 Å². The highest BCUT2D eigenvalue weighted by atomic mass is 16.3. The van der Waals surface area contributed by atoms with Gasteiger partial charge in [-0.1, -0.05) is 0 Å². The Morgan fingerprint density at radius 2 is 2.17 bits per heavy atom. The first-order chi connectivity index (χ1) is 5.59. The van der Waals surface area contributed by atoms with Crippen molar-refractivity contribution in [3.8, 4) is 0 Å². The van der Waals surface area contributed by atoms with Gasteiger partial charge >= 0.3 is 0 Å². The van der Waals surface area contributed by atoms with Gasteiger partial charge in [0.2, 0.25) is 0 Å². The second kappa shape index (κ2) is 3.54. The summed E-state index contributed by atoms with van der Waals surface area (Å²) in [6.45, 7) is 2.23. The molecule has 3 heteroatoms. The first kappa shape index (κ1) is 9.00. The predicted molar refractivity (Wildman–Crippen MR) is 46.1 cm³/mol. The third kappa shape index (κ3) is 2.20. The molecule has 0 unspecified atom stereocenters. The van der Waals surface area contributed by atoms with Gasteiger partial charge in [0.05, 0.1) is 6.54 Å². The summed E-state index contributed by atoms with van der Waals surface area (Å²) in [6.07, 6.45) is 0. The fourth-order valence-electron chi connectivity index (χ4n) is 0.964. The van der Waals surface area contributed by atoms with Crippen LogP contribution in [0.2, 0.25) is 0 Å². The molecule has 0 radical (unpaired) electrons. The number of ketones is 1. The zero-order valence-electron chi connectivity index (χ0n) is 7.63. The molecule has 0 saturated carbocycles. The van der Waals surface area contributed by atoms with Crippen LogP contribution in [0.5, 0.6) is 0 Å². The Morgan fingerprint density at radius 3 is 2.58 bits per heavy atom. The lowest BCUT2D eigenvalue weighted by atomic mass is 10.3. The summed E-state index contributed by atoms with van der Waals surface area (Å²) in [7, 11) is 3.91. The molecule has 66 valence electrons. The highest BCUT2D eigenvalue weighted by molar-refractivity contribution is 5.91. The Morgan fingerprint density at radius 1 is 1.50 bits per heavy atom. The average molecular weight is 167 g/mol. The lowest BCUT2D eigenvalue weighted by Gasteiger charge is -2.05. The molecule has 1 rings (SSSR count). The van der Waals surface area contributed by atoms with Crippen molar-refractivity contribution in [1.29, 1.82) is 0 Å². The van der Waals surface area contributed by atoms with Crippen LogP contribution in [0.25, 0.3) is 0 Å². The van der Waals surface area contributed by atoms with Crippen LogP contribution in [0.1, 0.15) is 23.2 Å². The molecule has 3 nitrogen and oxygen atoms in total. The van der Waals surface area contributed by atoms with Gasteiger partial charge in [-0.15, -0.1) is 0 Å². The number of carbonyl (C=O) groups is 1. The fourth-order valence-corrected chi connectivity index (χ4v) is 0.964. The van der Waals surface area contributed by atoms with Crippen LogP contribution in [0, 0.1) is 0 Å². The van der Waals surface area contributed by atoms with E-state index < -0.39 is 0 Å². The van der Waals surface area contributed by atoms with Crippen molar-refractivity contribution >= 4 is 5.78 Å². The lowest BCUT2D eigenvalue weighted by molar-refractivity contribution is 0.0984. The van der Waals surface area contributed by atoms with Crippen molar-refractivity contribution in [2.45, 2.75) is 13.5 Å². The van der Waals surface area contributed by atoms with E-state index in [0.29, 0.717) is 5.76 Å². The maximum atomic E-state index is 10.8. The molecule has 12 heavy (non-hydrogen) atoms. The van der Waals surface area contributed by atoms with E-state index in [2.05, 4.69) is 0 Å². The number of hydrogen-bond acceptors (Lipinski definition) is 3. The van der Waals surface area contributed by atoms with Gasteiger partial charge in [0, 0.05) is 6.92 Å². The Hall–Kier alpha value is -1.09. The molecule has 0 aliphatic carbocycles. The second-order valence-electron chi connectivity index (χ2n) is 3.06. The zero-order valence-corrected chi connectivity index (χ0v) is 7.63. The number of nitrogens with zero attached hydrogens (tertiary/aromatic N) is 1. The molecule has 1 aromatic heterocycles. The summed E-state index contributed by atoms with van der Waals surface area (Å²) < 4.78 is 5.26. The van der Waals surface area contributed by atoms with E-state index >= 15 is 0 Å². The summed E-state index contributed by atoms with van der Waals surface area (Å²) in [5, 5.41) is 0. The van der Waals surface area contributed by atoms with E-state index in [9.17, 15) is 4.79 Å². The number of rotatable bonds is 3. The van der Waals surface area contributed by atoms with Gasteiger partial charge in [-0.25, -0.2) is 0 Å². The van der Waals surface area contributed by atoms with Gasteiger partial charge in [-0.05, 0) is 26.2 Å². The molecule has 1 aromatic rings. The standard InChI is InChI=1S/C9H13NO2/c1-7(11)9-5-4-8(12-9)6-10(2)3/h4-5H,6H2,1-3H3. The maximum Gasteiger partial charge on any atom is 0.194 e. The van der Waals surface area contributed by atoms with Crippen molar-refractivity contribution in [1.82, 2.24) is 4.90 Å². The Labute approximate surface area is 72.0 Å². The van der Waals surface area contributed by atoms with E-state index in [1.165, 1.54) is 6.92 Å². The molecular weight excluding hydrogens is 154 g/mol. The SMILES string of the molecule is CC(=O)c1ccc(CN(C)C)o1. The summed E-state index contributed by atoms with van der Waals surface area (Å²) in [5.41, 5.74) is 0. The molecule has 0 spiro atoms. The molecule has 0 aromatic carbocycles. The fraction of sp³-hybridized carbons (Fsp3) is 0.444. The molecule has 0 saturated heterocycles. The lowest BCUT2D eigenvalue weighted by Crippen LogP contribution is -2.09. The molecular formula is C9H13NO2. The molecule has 0 bridgehead atoms. The van der Waals surface area contributed by atoms with E-state index in [0.717, 1.165) is 12.3 Å². The average Bonchev–Trinajstić information content (AvgIpc) is 2.34. The van der Waals surface area contributed by atoms with Crippen molar-refractivity contribution in [3.05, 3.63) is 23.7 Å². The van der Waals surface area contributed by atoms with Crippen LogP contribution >= 0.6 is 0 Å². The summed E-state index contributed by atoms with van der Waals surface area (Å²) in [4.78, 5) is 12.8. The topological polar surface area (TPSA) is 33.5 Å². The van der Waals surface area contributed by atoms with Crippen LogP contribution in [0.3, 0.4) is 0 Å². The smallest absolute Gasteiger partial charge is 0.194 e. The number of Topliss-reactive ketones (excluding diaryl/α,β-unsaturated/α-hetero) is 1. The van der Waals surface area contributed by atoms with Gasteiger partial charge in [-0.3, -0.25) is 4.79 Å². The highest BCUT2D eigenvalue weighted by Gasteiger charge is 2.05. The molecule has 0 atom stereocenters. The van der Waals surface area contributed by atoms with E-state index in [1.807, 2.05) is 25.1 Å². The third-order valence-electron chi connectivity index (χ3n) is 1.48. The number of carbonyl (C=O) groups excluding carboxylic acids is 1. The highest BCUT2D eigenvalue weighted by Crippen LogP contribution is 2.09. The summed E-state index contributed by atoms with van der Waals surface area (Å²) >= 11 is 0. The zero-order chi connectivity index (χ0) is 9.14.